The fourth-order valence-corrected chi connectivity index (χ4v) is 2.21. The molecule has 1 amide bonds. The minimum Gasteiger partial charge on any atom is -0.321 e. The van der Waals surface area contributed by atoms with Gasteiger partial charge in [0.1, 0.15) is 5.69 Å². The summed E-state index contributed by atoms with van der Waals surface area (Å²) in [6.45, 7) is 1.88. The Morgan fingerprint density at radius 1 is 1.16 bits per heavy atom. The number of H-pyrrole nitrogens is 2. The van der Waals surface area contributed by atoms with Crippen LogP contribution in [0.3, 0.4) is 0 Å². The van der Waals surface area contributed by atoms with Crippen molar-refractivity contribution in [1.29, 1.82) is 0 Å². The Labute approximate surface area is 116 Å². The lowest BCUT2D eigenvalue weighted by Crippen LogP contribution is -2.27. The zero-order valence-corrected chi connectivity index (χ0v) is 11.5. The van der Waals surface area contributed by atoms with E-state index in [1.807, 2.05) is 18.0 Å². The van der Waals surface area contributed by atoms with Crippen LogP contribution in [0, 0.1) is 6.92 Å². The van der Waals surface area contributed by atoms with E-state index in [-0.39, 0.29) is 5.69 Å². The molecule has 3 N–H and O–H groups in total. The Bertz CT molecular complexity index is 700. The highest BCUT2D eigenvalue weighted by Gasteiger charge is 2.09. The molecule has 2 rings (SSSR count). The van der Waals surface area contributed by atoms with Crippen LogP contribution in [0.5, 0.6) is 0 Å². The molecule has 0 fully saturated rings. The second-order valence-corrected chi connectivity index (χ2v) is 4.89. The number of nitrogens with one attached hydrogen (secondary N) is 3. The number of hydrogen-bond acceptors (Lipinski definition) is 3. The number of aromatic amines is 2. The van der Waals surface area contributed by atoms with Crippen LogP contribution in [0.2, 0.25) is 0 Å². The highest BCUT2D eigenvalue weighted by molar-refractivity contribution is 9.10. The van der Waals surface area contributed by atoms with Gasteiger partial charge in [0.05, 0.1) is 0 Å². The third kappa shape index (κ3) is 3.41. The van der Waals surface area contributed by atoms with Crippen molar-refractivity contribution in [3.8, 4) is 0 Å². The van der Waals surface area contributed by atoms with Gasteiger partial charge in [-0.25, -0.2) is 4.79 Å². The predicted molar refractivity (Wildman–Crippen MR) is 74.5 cm³/mol. The number of aryl methyl sites for hydroxylation is 1. The molecule has 0 aliphatic carbocycles. The first kappa shape index (κ1) is 13.3. The van der Waals surface area contributed by atoms with E-state index in [9.17, 15) is 14.4 Å². The molecule has 0 aliphatic rings. The topological polar surface area (TPSA) is 94.8 Å². The average Bonchev–Trinajstić information content (AvgIpc) is 2.25. The first-order valence-corrected chi connectivity index (χ1v) is 6.15. The summed E-state index contributed by atoms with van der Waals surface area (Å²) in [4.78, 5) is 38.3. The summed E-state index contributed by atoms with van der Waals surface area (Å²) in [6.07, 6.45) is 0. The summed E-state index contributed by atoms with van der Waals surface area (Å²) in [5.74, 6) is -0.555. The number of halogens is 1. The SMILES string of the molecule is Cc1cc(Br)cc(NC(=O)c2cc(=O)[nH]c(=O)[nH]2)c1. The number of rotatable bonds is 2. The maximum Gasteiger partial charge on any atom is 0.326 e. The predicted octanol–water partition coefficient (Wildman–Crippen LogP) is 1.39. The molecule has 19 heavy (non-hydrogen) atoms. The number of anilines is 1. The van der Waals surface area contributed by atoms with Crippen LogP contribution in [0.4, 0.5) is 5.69 Å². The van der Waals surface area contributed by atoms with Gasteiger partial charge in [0.15, 0.2) is 0 Å². The number of carbonyl (C=O) groups excluding carboxylic acids is 1. The highest BCUT2D eigenvalue weighted by atomic mass is 79.9. The molecule has 0 bridgehead atoms. The number of amides is 1. The Morgan fingerprint density at radius 3 is 2.53 bits per heavy atom. The van der Waals surface area contributed by atoms with Crippen LogP contribution in [0.1, 0.15) is 16.1 Å². The molecule has 7 heteroatoms. The molecule has 1 aromatic carbocycles. The monoisotopic (exact) mass is 323 g/mol. The van der Waals surface area contributed by atoms with Gasteiger partial charge in [0.2, 0.25) is 0 Å². The minimum atomic E-state index is -0.719. The van der Waals surface area contributed by atoms with Gasteiger partial charge in [-0.05, 0) is 30.7 Å². The van der Waals surface area contributed by atoms with Gasteiger partial charge in [-0.2, -0.15) is 0 Å². The molecule has 98 valence electrons. The molecule has 0 radical (unpaired) electrons. The normalized spacial score (nSPS) is 10.2. The molecule has 6 nitrogen and oxygen atoms in total. The Hall–Kier alpha value is -2.15. The summed E-state index contributed by atoms with van der Waals surface area (Å²) in [5, 5.41) is 2.60. The van der Waals surface area contributed by atoms with Crippen LogP contribution >= 0.6 is 15.9 Å². The van der Waals surface area contributed by atoms with Gasteiger partial charge in [-0.3, -0.25) is 14.6 Å². The first-order chi connectivity index (χ1) is 8.94. The molecular formula is C12H10BrN3O3. The largest absolute Gasteiger partial charge is 0.326 e. The molecule has 0 atom stereocenters. The van der Waals surface area contributed by atoms with Crippen LogP contribution in [-0.2, 0) is 0 Å². The Balaban J connectivity index is 2.30. The molecule has 0 saturated carbocycles. The van der Waals surface area contributed by atoms with E-state index >= 15 is 0 Å². The quantitative estimate of drug-likeness (QED) is 0.779. The first-order valence-electron chi connectivity index (χ1n) is 5.36. The lowest BCUT2D eigenvalue weighted by Gasteiger charge is -2.06. The van der Waals surface area contributed by atoms with E-state index in [1.165, 1.54) is 0 Å². The summed E-state index contributed by atoms with van der Waals surface area (Å²) >= 11 is 3.32. The van der Waals surface area contributed by atoms with E-state index < -0.39 is 17.2 Å². The van der Waals surface area contributed by atoms with Crippen LogP contribution < -0.4 is 16.6 Å². The summed E-state index contributed by atoms with van der Waals surface area (Å²) in [6, 6.07) is 6.41. The Morgan fingerprint density at radius 2 is 1.89 bits per heavy atom. The molecular weight excluding hydrogens is 314 g/mol. The van der Waals surface area contributed by atoms with Crippen LogP contribution in [0.15, 0.2) is 38.3 Å². The van der Waals surface area contributed by atoms with Crippen molar-refractivity contribution in [2.45, 2.75) is 6.92 Å². The minimum absolute atomic E-state index is 0.0913. The van der Waals surface area contributed by atoms with Crippen molar-refractivity contribution < 1.29 is 4.79 Å². The van der Waals surface area contributed by atoms with Crippen molar-refractivity contribution >= 4 is 27.5 Å². The molecule has 2 aromatic rings. The zero-order chi connectivity index (χ0) is 14.0. The van der Waals surface area contributed by atoms with Crippen molar-refractivity contribution in [2.75, 3.05) is 5.32 Å². The fraction of sp³-hybridized carbons (Fsp3) is 0.0833. The standard InChI is InChI=1S/C12H10BrN3O3/c1-6-2-7(13)4-8(3-6)14-11(18)9-5-10(17)16-12(19)15-9/h2-5H,1H3,(H,14,18)(H2,15,16,17,19). The third-order valence-corrected chi connectivity index (χ3v) is 2.76. The number of hydrogen-bond donors (Lipinski definition) is 3. The molecule has 0 spiro atoms. The van der Waals surface area contributed by atoms with Gasteiger partial charge in [-0.1, -0.05) is 15.9 Å². The zero-order valence-electron chi connectivity index (χ0n) is 9.91. The van der Waals surface area contributed by atoms with Crippen molar-refractivity contribution in [3.63, 3.8) is 0 Å². The average molecular weight is 324 g/mol. The summed E-state index contributed by atoms with van der Waals surface area (Å²) in [7, 11) is 0. The second-order valence-electron chi connectivity index (χ2n) is 3.97. The van der Waals surface area contributed by atoms with Gasteiger partial charge in [0.25, 0.3) is 11.5 Å². The molecule has 0 aliphatic heterocycles. The van der Waals surface area contributed by atoms with Gasteiger partial charge >= 0.3 is 5.69 Å². The van der Waals surface area contributed by atoms with E-state index in [0.717, 1.165) is 16.1 Å². The smallest absolute Gasteiger partial charge is 0.321 e. The molecule has 1 aromatic heterocycles. The molecule has 0 unspecified atom stereocenters. The van der Waals surface area contributed by atoms with Crippen molar-refractivity contribution in [2.24, 2.45) is 0 Å². The second kappa shape index (κ2) is 5.23. The van der Waals surface area contributed by atoms with E-state index in [1.54, 1.807) is 12.1 Å². The lowest BCUT2D eigenvalue weighted by atomic mass is 10.2. The van der Waals surface area contributed by atoms with Crippen LogP contribution in [0.25, 0.3) is 0 Å². The maximum atomic E-state index is 11.9. The number of benzene rings is 1. The van der Waals surface area contributed by atoms with E-state index in [0.29, 0.717) is 5.69 Å². The maximum absolute atomic E-state index is 11.9. The van der Waals surface area contributed by atoms with Gasteiger partial charge < -0.3 is 10.3 Å². The van der Waals surface area contributed by atoms with E-state index in [2.05, 4.69) is 26.2 Å². The third-order valence-electron chi connectivity index (χ3n) is 2.30. The molecule has 0 saturated heterocycles. The van der Waals surface area contributed by atoms with Crippen LogP contribution in [-0.4, -0.2) is 15.9 Å². The Kier molecular flexibility index (Phi) is 3.66. The highest BCUT2D eigenvalue weighted by Crippen LogP contribution is 2.19. The van der Waals surface area contributed by atoms with Gasteiger partial charge in [0, 0.05) is 16.2 Å². The van der Waals surface area contributed by atoms with Crippen molar-refractivity contribution in [3.05, 3.63) is 60.8 Å². The van der Waals surface area contributed by atoms with E-state index in [4.69, 9.17) is 0 Å². The van der Waals surface area contributed by atoms with Crippen molar-refractivity contribution in [1.82, 2.24) is 9.97 Å². The molecule has 1 heterocycles. The van der Waals surface area contributed by atoms with Gasteiger partial charge in [-0.15, -0.1) is 0 Å². The lowest BCUT2D eigenvalue weighted by molar-refractivity contribution is 0.102. The number of aromatic nitrogens is 2. The summed E-state index contributed by atoms with van der Waals surface area (Å²) in [5.41, 5.74) is 0.0934. The fourth-order valence-electron chi connectivity index (χ4n) is 1.60. The number of carbonyl (C=O) groups is 1. The summed E-state index contributed by atoms with van der Waals surface area (Å²) < 4.78 is 0.821.